The number of esters is 1. The predicted molar refractivity (Wildman–Crippen MR) is 93.3 cm³/mol. The topological polar surface area (TPSA) is 52.3 Å². The van der Waals surface area contributed by atoms with Crippen LogP contribution in [-0.2, 0) is 9.53 Å². The Labute approximate surface area is 146 Å². The average molecular weight is 347 g/mol. The Kier molecular flexibility index (Phi) is 5.90. The zero-order valence-corrected chi connectivity index (χ0v) is 14.8. The Hall–Kier alpha value is -2.27. The fourth-order valence-corrected chi connectivity index (χ4v) is 2.82. The van der Waals surface area contributed by atoms with Crippen LogP contribution >= 0.6 is 0 Å². The van der Waals surface area contributed by atoms with Gasteiger partial charge in [0.15, 0.2) is 0 Å². The second kappa shape index (κ2) is 7.74. The standard InChI is InChI=1S/C20H23F2NO2/c1-11-9-15(5-7-17(11)21)19(14(4)25-20(24)13(3)23)16-6-8-18(22)12(2)10-16/h5-10,13-14,19H,23H2,1-4H3/t13-,14-/m0/s1. The molecule has 0 aliphatic rings. The van der Waals surface area contributed by atoms with Gasteiger partial charge in [-0.05, 0) is 62.1 Å². The molecule has 0 unspecified atom stereocenters. The van der Waals surface area contributed by atoms with E-state index in [1.54, 1.807) is 52.0 Å². The number of hydrogen-bond acceptors (Lipinski definition) is 3. The number of carbonyl (C=O) groups excluding carboxylic acids is 1. The first kappa shape index (κ1) is 19.1. The van der Waals surface area contributed by atoms with E-state index in [0.717, 1.165) is 11.1 Å². The van der Waals surface area contributed by atoms with Gasteiger partial charge < -0.3 is 10.5 Å². The van der Waals surface area contributed by atoms with E-state index >= 15 is 0 Å². The third-order valence-corrected chi connectivity index (χ3v) is 4.23. The van der Waals surface area contributed by atoms with Crippen LogP contribution < -0.4 is 5.73 Å². The first-order valence-corrected chi connectivity index (χ1v) is 8.19. The van der Waals surface area contributed by atoms with Crippen molar-refractivity contribution in [2.24, 2.45) is 5.73 Å². The Bertz CT molecular complexity index is 723. The highest BCUT2D eigenvalue weighted by molar-refractivity contribution is 5.75. The lowest BCUT2D eigenvalue weighted by Gasteiger charge is -2.26. The number of ether oxygens (including phenoxy) is 1. The molecule has 0 heterocycles. The largest absolute Gasteiger partial charge is 0.461 e. The summed E-state index contributed by atoms with van der Waals surface area (Å²) in [5.74, 6) is -1.49. The fourth-order valence-electron chi connectivity index (χ4n) is 2.82. The maximum absolute atomic E-state index is 13.6. The van der Waals surface area contributed by atoms with Gasteiger partial charge in [0.05, 0.1) is 0 Å². The smallest absolute Gasteiger partial charge is 0.322 e. The molecule has 2 aromatic rings. The highest BCUT2D eigenvalue weighted by Gasteiger charge is 2.26. The van der Waals surface area contributed by atoms with Gasteiger partial charge in [0.25, 0.3) is 0 Å². The molecule has 0 spiro atoms. The summed E-state index contributed by atoms with van der Waals surface area (Å²) in [7, 11) is 0. The van der Waals surface area contributed by atoms with Crippen LogP contribution in [0.1, 0.15) is 42.0 Å². The van der Waals surface area contributed by atoms with Gasteiger partial charge in [0.2, 0.25) is 0 Å². The summed E-state index contributed by atoms with van der Waals surface area (Å²) in [5, 5.41) is 0. The Morgan fingerprint density at radius 3 is 1.76 bits per heavy atom. The molecule has 2 N–H and O–H groups in total. The van der Waals surface area contributed by atoms with E-state index in [1.807, 2.05) is 0 Å². The van der Waals surface area contributed by atoms with E-state index in [0.29, 0.717) is 11.1 Å². The van der Waals surface area contributed by atoms with Crippen LogP contribution in [-0.4, -0.2) is 18.1 Å². The summed E-state index contributed by atoms with van der Waals surface area (Å²) in [6.45, 7) is 6.64. The van der Waals surface area contributed by atoms with Crippen molar-refractivity contribution in [2.75, 3.05) is 0 Å². The summed E-state index contributed by atoms with van der Waals surface area (Å²) in [5.41, 5.74) is 8.14. The van der Waals surface area contributed by atoms with Gasteiger partial charge in [0.1, 0.15) is 23.8 Å². The van der Waals surface area contributed by atoms with Crippen molar-refractivity contribution < 1.29 is 18.3 Å². The third kappa shape index (κ3) is 4.42. The molecule has 0 radical (unpaired) electrons. The minimum Gasteiger partial charge on any atom is -0.461 e. The van der Waals surface area contributed by atoms with Crippen LogP contribution in [0.3, 0.4) is 0 Å². The maximum atomic E-state index is 13.6. The quantitative estimate of drug-likeness (QED) is 0.832. The lowest BCUT2D eigenvalue weighted by atomic mass is 9.85. The Balaban J connectivity index is 2.48. The van der Waals surface area contributed by atoms with Gasteiger partial charge >= 0.3 is 5.97 Å². The van der Waals surface area contributed by atoms with E-state index in [4.69, 9.17) is 10.5 Å². The molecule has 2 rings (SSSR count). The van der Waals surface area contributed by atoms with Crippen LogP contribution in [0.15, 0.2) is 36.4 Å². The molecule has 0 aromatic heterocycles. The highest BCUT2D eigenvalue weighted by Crippen LogP contribution is 2.32. The van der Waals surface area contributed by atoms with Crippen molar-refractivity contribution >= 4 is 5.97 Å². The molecule has 0 aliphatic carbocycles. The predicted octanol–water partition coefficient (Wildman–Crippen LogP) is 3.99. The normalized spacial score (nSPS) is 13.6. The number of rotatable bonds is 5. The summed E-state index contributed by atoms with van der Waals surface area (Å²) < 4.78 is 32.8. The Morgan fingerprint density at radius 2 is 1.40 bits per heavy atom. The second-order valence-corrected chi connectivity index (χ2v) is 6.43. The molecule has 0 fully saturated rings. The van der Waals surface area contributed by atoms with Crippen LogP contribution in [0.5, 0.6) is 0 Å². The fraction of sp³-hybridized carbons (Fsp3) is 0.350. The molecule has 5 heteroatoms. The van der Waals surface area contributed by atoms with Gasteiger partial charge in [-0.15, -0.1) is 0 Å². The molecule has 134 valence electrons. The van der Waals surface area contributed by atoms with Crippen LogP contribution in [0, 0.1) is 25.5 Å². The molecule has 0 aliphatic heterocycles. The van der Waals surface area contributed by atoms with Crippen LogP contribution in [0.4, 0.5) is 8.78 Å². The summed E-state index contributed by atoms with van der Waals surface area (Å²) in [6.07, 6.45) is -0.548. The summed E-state index contributed by atoms with van der Waals surface area (Å²) in [6, 6.07) is 8.77. The summed E-state index contributed by atoms with van der Waals surface area (Å²) >= 11 is 0. The molecule has 3 nitrogen and oxygen atoms in total. The molecule has 0 saturated carbocycles. The minimum atomic E-state index is -0.743. The molecule has 0 amide bonds. The van der Waals surface area contributed by atoms with E-state index in [9.17, 15) is 13.6 Å². The van der Waals surface area contributed by atoms with Gasteiger partial charge in [-0.2, -0.15) is 0 Å². The van der Waals surface area contributed by atoms with Crippen molar-refractivity contribution in [3.05, 3.63) is 70.3 Å². The average Bonchev–Trinajstić information content (AvgIpc) is 2.54. The van der Waals surface area contributed by atoms with E-state index in [2.05, 4.69) is 0 Å². The first-order valence-electron chi connectivity index (χ1n) is 8.19. The lowest BCUT2D eigenvalue weighted by molar-refractivity contribution is -0.149. The number of nitrogens with two attached hydrogens (primary N) is 1. The molecule has 0 bridgehead atoms. The number of aryl methyl sites for hydroxylation is 2. The lowest BCUT2D eigenvalue weighted by Crippen LogP contribution is -2.33. The minimum absolute atomic E-state index is 0.307. The molecule has 0 saturated heterocycles. The third-order valence-electron chi connectivity index (χ3n) is 4.23. The second-order valence-electron chi connectivity index (χ2n) is 6.43. The number of carbonyl (C=O) groups is 1. The zero-order valence-electron chi connectivity index (χ0n) is 14.8. The summed E-state index contributed by atoms with van der Waals surface area (Å²) in [4.78, 5) is 11.9. The first-order chi connectivity index (χ1) is 11.7. The monoisotopic (exact) mass is 347 g/mol. The number of halogens is 2. The van der Waals surface area contributed by atoms with Gasteiger partial charge in [-0.1, -0.05) is 24.3 Å². The molecular formula is C20H23F2NO2. The molecule has 25 heavy (non-hydrogen) atoms. The SMILES string of the molecule is Cc1cc(C(c2ccc(F)c(C)c2)[C@H](C)OC(=O)[C@H](C)N)ccc1F. The maximum Gasteiger partial charge on any atom is 0.322 e. The van der Waals surface area contributed by atoms with Gasteiger partial charge in [-0.3, -0.25) is 4.79 Å². The van der Waals surface area contributed by atoms with Gasteiger partial charge in [0, 0.05) is 5.92 Å². The molecule has 2 aromatic carbocycles. The van der Waals surface area contributed by atoms with Crippen LogP contribution in [0.25, 0.3) is 0 Å². The van der Waals surface area contributed by atoms with Crippen molar-refractivity contribution in [1.29, 1.82) is 0 Å². The van der Waals surface area contributed by atoms with E-state index in [1.165, 1.54) is 12.1 Å². The van der Waals surface area contributed by atoms with Crippen molar-refractivity contribution in [3.63, 3.8) is 0 Å². The van der Waals surface area contributed by atoms with Gasteiger partial charge in [-0.25, -0.2) is 8.78 Å². The molecular weight excluding hydrogens is 324 g/mol. The van der Waals surface area contributed by atoms with Crippen LogP contribution in [0.2, 0.25) is 0 Å². The van der Waals surface area contributed by atoms with Crippen molar-refractivity contribution in [2.45, 2.75) is 45.8 Å². The van der Waals surface area contributed by atoms with E-state index < -0.39 is 18.1 Å². The number of hydrogen-bond donors (Lipinski definition) is 1. The highest BCUT2D eigenvalue weighted by atomic mass is 19.1. The Morgan fingerprint density at radius 1 is 0.960 bits per heavy atom. The molecule has 2 atom stereocenters. The number of benzene rings is 2. The van der Waals surface area contributed by atoms with Crippen molar-refractivity contribution in [1.82, 2.24) is 0 Å². The van der Waals surface area contributed by atoms with Crippen molar-refractivity contribution in [3.8, 4) is 0 Å². The zero-order chi connectivity index (χ0) is 18.7. The van der Waals surface area contributed by atoms with E-state index in [-0.39, 0.29) is 17.6 Å².